The summed E-state index contributed by atoms with van der Waals surface area (Å²) in [6.07, 6.45) is 59.6. The lowest BCUT2D eigenvalue weighted by molar-refractivity contribution is -0.193. The maximum Gasteiger partial charge on any atom is 0.169 e. The summed E-state index contributed by atoms with van der Waals surface area (Å²) < 4.78 is 13.8. The topological polar surface area (TPSA) is 18.5 Å². The van der Waals surface area contributed by atoms with Crippen LogP contribution >= 0.6 is 0 Å². The van der Waals surface area contributed by atoms with Crippen molar-refractivity contribution in [3.63, 3.8) is 0 Å². The molecule has 0 spiro atoms. The second-order valence-electron chi connectivity index (χ2n) is 15.4. The number of hydrogen-bond donors (Lipinski definition) is 0. The predicted octanol–water partition coefficient (Wildman–Crippen LogP) is 15.5. The highest BCUT2D eigenvalue weighted by Gasteiger charge is 2.50. The van der Waals surface area contributed by atoms with Gasteiger partial charge in [-0.3, -0.25) is 0 Å². The Morgan fingerprint density at radius 3 is 1.17 bits per heavy atom. The summed E-state index contributed by atoms with van der Waals surface area (Å²) in [4.78, 5) is 0. The molecule has 0 N–H and O–H groups in total. The van der Waals surface area contributed by atoms with Crippen molar-refractivity contribution in [2.75, 3.05) is 0 Å². The fourth-order valence-electron chi connectivity index (χ4n) is 7.74. The van der Waals surface area contributed by atoms with Crippen molar-refractivity contribution in [1.82, 2.24) is 0 Å². The van der Waals surface area contributed by atoms with Crippen molar-refractivity contribution < 1.29 is 9.47 Å². The summed E-state index contributed by atoms with van der Waals surface area (Å²) in [6, 6.07) is 0. The van der Waals surface area contributed by atoms with E-state index < -0.39 is 0 Å². The van der Waals surface area contributed by atoms with Crippen LogP contribution in [0.25, 0.3) is 0 Å². The average molecular weight is 667 g/mol. The van der Waals surface area contributed by atoms with Crippen LogP contribution in [0.15, 0.2) is 48.6 Å². The first-order valence-electron chi connectivity index (χ1n) is 21.7. The maximum atomic E-state index is 6.88. The fraction of sp³-hybridized carbons (Fsp3) is 0.826. The van der Waals surface area contributed by atoms with E-state index in [9.17, 15) is 0 Å². The lowest BCUT2D eigenvalue weighted by atomic mass is 9.97. The van der Waals surface area contributed by atoms with Crippen LogP contribution in [-0.2, 0) is 9.47 Å². The Morgan fingerprint density at radius 2 is 0.771 bits per heavy atom. The minimum atomic E-state index is -0.282. The van der Waals surface area contributed by atoms with E-state index >= 15 is 0 Å². The number of fused-ring (bicyclic) bond motifs is 1. The Hall–Kier alpha value is -1.12. The molecule has 0 aromatic rings. The SMILES string of the molecule is CCCCCC=CCC=CCCCCCCCCC1(CCCCCCCCC=CCC=CCCCCC)OC2CC(CCCC)CC2O1. The molecule has 0 aromatic carbocycles. The molecule has 48 heavy (non-hydrogen) atoms. The first-order chi connectivity index (χ1) is 23.7. The molecule has 0 aromatic heterocycles. The molecule has 1 saturated heterocycles. The minimum Gasteiger partial charge on any atom is -0.344 e. The molecule has 278 valence electrons. The van der Waals surface area contributed by atoms with E-state index in [0.29, 0.717) is 12.2 Å². The molecule has 0 amide bonds. The van der Waals surface area contributed by atoms with Crippen LogP contribution in [0.4, 0.5) is 0 Å². The third-order valence-electron chi connectivity index (χ3n) is 10.8. The number of hydrogen-bond acceptors (Lipinski definition) is 2. The lowest BCUT2D eigenvalue weighted by Crippen LogP contribution is -2.32. The molecule has 2 rings (SSSR count). The van der Waals surface area contributed by atoms with Gasteiger partial charge in [0.1, 0.15) is 0 Å². The third-order valence-corrected chi connectivity index (χ3v) is 10.8. The standard InChI is InChI=1S/C46H82O2/c1-4-7-10-12-14-16-18-20-22-24-26-28-30-32-34-36-39-46(47-44-41-43(38-9-6-3)42-45(44)48-46)40-37-35-33-31-29-27-25-23-21-19-17-15-13-11-8-5-2/h14-17,20-23,43-45H,4-13,18-19,24-42H2,1-3H3. The molecular formula is C46H82O2. The fourth-order valence-corrected chi connectivity index (χ4v) is 7.74. The molecule has 2 fully saturated rings. The molecule has 1 saturated carbocycles. The second-order valence-corrected chi connectivity index (χ2v) is 15.4. The van der Waals surface area contributed by atoms with Crippen molar-refractivity contribution in [3.8, 4) is 0 Å². The number of allylic oxidation sites excluding steroid dienone is 8. The van der Waals surface area contributed by atoms with Crippen LogP contribution in [0, 0.1) is 5.92 Å². The summed E-state index contributed by atoms with van der Waals surface area (Å²) in [5.41, 5.74) is 0. The Morgan fingerprint density at radius 1 is 0.417 bits per heavy atom. The van der Waals surface area contributed by atoms with Gasteiger partial charge < -0.3 is 9.47 Å². The van der Waals surface area contributed by atoms with Gasteiger partial charge in [-0.05, 0) is 95.8 Å². The largest absolute Gasteiger partial charge is 0.344 e. The first-order valence-corrected chi connectivity index (χ1v) is 21.7. The van der Waals surface area contributed by atoms with Gasteiger partial charge in [0.25, 0.3) is 0 Å². The lowest BCUT2D eigenvalue weighted by Gasteiger charge is -2.30. The van der Waals surface area contributed by atoms with Gasteiger partial charge in [-0.15, -0.1) is 0 Å². The smallest absolute Gasteiger partial charge is 0.169 e. The number of unbranched alkanes of at least 4 members (excludes halogenated alkanes) is 19. The Labute approximate surface area is 301 Å². The van der Waals surface area contributed by atoms with Gasteiger partial charge in [-0.2, -0.15) is 0 Å². The van der Waals surface area contributed by atoms with Crippen LogP contribution in [0.3, 0.4) is 0 Å². The Balaban J connectivity index is 1.56. The van der Waals surface area contributed by atoms with Gasteiger partial charge in [0.05, 0.1) is 12.2 Å². The van der Waals surface area contributed by atoms with Crippen LogP contribution in [-0.4, -0.2) is 18.0 Å². The molecular weight excluding hydrogens is 585 g/mol. The molecule has 0 radical (unpaired) electrons. The van der Waals surface area contributed by atoms with E-state index in [1.54, 1.807) is 0 Å². The maximum absolute atomic E-state index is 6.88. The number of ether oxygens (including phenoxy) is 2. The highest BCUT2D eigenvalue weighted by Crippen LogP contribution is 2.46. The van der Waals surface area contributed by atoms with E-state index in [2.05, 4.69) is 69.4 Å². The summed E-state index contributed by atoms with van der Waals surface area (Å²) in [6.45, 7) is 6.86. The summed E-state index contributed by atoms with van der Waals surface area (Å²) >= 11 is 0. The van der Waals surface area contributed by atoms with Crippen molar-refractivity contribution in [2.24, 2.45) is 5.92 Å². The van der Waals surface area contributed by atoms with E-state index in [1.165, 1.54) is 173 Å². The normalized spacial score (nSPS) is 22.9. The van der Waals surface area contributed by atoms with E-state index in [1.807, 2.05) is 0 Å². The zero-order chi connectivity index (χ0) is 34.2. The predicted molar refractivity (Wildman–Crippen MR) is 213 cm³/mol. The van der Waals surface area contributed by atoms with Gasteiger partial charge in [-0.1, -0.05) is 166 Å². The molecule has 2 unspecified atom stereocenters. The first kappa shape index (κ1) is 43.0. The summed E-state index contributed by atoms with van der Waals surface area (Å²) in [5, 5.41) is 0. The van der Waals surface area contributed by atoms with Crippen LogP contribution in [0.1, 0.15) is 220 Å². The van der Waals surface area contributed by atoms with Crippen LogP contribution in [0.5, 0.6) is 0 Å². The summed E-state index contributed by atoms with van der Waals surface area (Å²) in [7, 11) is 0. The Kier molecular flexibility index (Phi) is 27.5. The molecule has 2 atom stereocenters. The quantitative estimate of drug-likeness (QED) is 0.0512. The van der Waals surface area contributed by atoms with Gasteiger partial charge >= 0.3 is 0 Å². The molecule has 2 nitrogen and oxygen atoms in total. The van der Waals surface area contributed by atoms with E-state index in [0.717, 1.165) is 31.6 Å². The Bertz CT molecular complexity index is 758. The molecule has 1 heterocycles. The van der Waals surface area contributed by atoms with E-state index in [4.69, 9.17) is 9.47 Å². The van der Waals surface area contributed by atoms with Gasteiger partial charge in [-0.25, -0.2) is 0 Å². The van der Waals surface area contributed by atoms with Crippen molar-refractivity contribution in [3.05, 3.63) is 48.6 Å². The molecule has 1 aliphatic carbocycles. The monoisotopic (exact) mass is 667 g/mol. The van der Waals surface area contributed by atoms with Crippen LogP contribution in [0.2, 0.25) is 0 Å². The third kappa shape index (κ3) is 21.9. The van der Waals surface area contributed by atoms with Crippen molar-refractivity contribution in [1.29, 1.82) is 0 Å². The molecule has 2 aliphatic rings. The average Bonchev–Trinajstić information content (AvgIpc) is 3.62. The minimum absolute atomic E-state index is 0.282. The van der Waals surface area contributed by atoms with Gasteiger partial charge in [0.15, 0.2) is 5.79 Å². The molecule has 0 bridgehead atoms. The van der Waals surface area contributed by atoms with E-state index in [-0.39, 0.29) is 5.79 Å². The molecule has 1 aliphatic heterocycles. The highest BCUT2D eigenvalue weighted by atomic mass is 16.8. The zero-order valence-corrected chi connectivity index (χ0v) is 32.6. The number of rotatable bonds is 33. The van der Waals surface area contributed by atoms with Crippen LogP contribution < -0.4 is 0 Å². The summed E-state index contributed by atoms with van der Waals surface area (Å²) in [5.74, 6) is 0.539. The van der Waals surface area contributed by atoms with Crippen molar-refractivity contribution >= 4 is 0 Å². The zero-order valence-electron chi connectivity index (χ0n) is 32.6. The van der Waals surface area contributed by atoms with Gasteiger partial charge in [0.2, 0.25) is 0 Å². The van der Waals surface area contributed by atoms with Gasteiger partial charge in [0, 0.05) is 12.8 Å². The highest BCUT2D eigenvalue weighted by molar-refractivity contribution is 4.95. The second kappa shape index (κ2) is 30.7. The molecule has 2 heteroatoms. The van der Waals surface area contributed by atoms with Crippen molar-refractivity contribution in [2.45, 2.75) is 238 Å².